The first-order valence-electron chi connectivity index (χ1n) is 5.68. The van der Waals surface area contributed by atoms with Gasteiger partial charge in [0, 0.05) is 24.1 Å². The number of anilines is 1. The van der Waals surface area contributed by atoms with Crippen LogP contribution < -0.4 is 4.90 Å². The average molecular weight is 258 g/mol. The van der Waals surface area contributed by atoms with E-state index in [4.69, 9.17) is 0 Å². The van der Waals surface area contributed by atoms with Crippen molar-refractivity contribution in [3.05, 3.63) is 10.6 Å². The standard InChI is InChI=1S/C11H18N2OS2/c1-3-9-6-13(4-5-15-9)11-12-8(2)10(7-14)16-11/h9,14H,3-7H2,1-2H3. The van der Waals surface area contributed by atoms with Gasteiger partial charge < -0.3 is 10.0 Å². The van der Waals surface area contributed by atoms with Crippen LogP contribution in [0.25, 0.3) is 0 Å². The van der Waals surface area contributed by atoms with Gasteiger partial charge in [-0.1, -0.05) is 18.3 Å². The molecule has 1 saturated heterocycles. The highest BCUT2D eigenvalue weighted by Crippen LogP contribution is 2.30. The van der Waals surface area contributed by atoms with Crippen LogP contribution >= 0.6 is 23.1 Å². The number of aliphatic hydroxyl groups excluding tert-OH is 1. The van der Waals surface area contributed by atoms with Gasteiger partial charge in [0.1, 0.15) is 0 Å². The molecule has 0 saturated carbocycles. The van der Waals surface area contributed by atoms with Gasteiger partial charge in [0.2, 0.25) is 0 Å². The van der Waals surface area contributed by atoms with Gasteiger partial charge in [-0.25, -0.2) is 4.98 Å². The molecule has 1 unspecified atom stereocenters. The number of aryl methyl sites for hydroxylation is 1. The molecule has 16 heavy (non-hydrogen) atoms. The van der Waals surface area contributed by atoms with Gasteiger partial charge >= 0.3 is 0 Å². The van der Waals surface area contributed by atoms with E-state index in [1.165, 1.54) is 12.2 Å². The third-order valence-electron chi connectivity index (χ3n) is 2.89. The van der Waals surface area contributed by atoms with Crippen molar-refractivity contribution >= 4 is 28.2 Å². The summed E-state index contributed by atoms with van der Waals surface area (Å²) in [6.45, 7) is 6.51. The second-order valence-corrected chi connectivity index (χ2v) is 6.48. The van der Waals surface area contributed by atoms with Gasteiger partial charge in [-0.2, -0.15) is 11.8 Å². The van der Waals surface area contributed by atoms with E-state index in [-0.39, 0.29) is 6.61 Å². The highest BCUT2D eigenvalue weighted by atomic mass is 32.2. The summed E-state index contributed by atoms with van der Waals surface area (Å²) in [5.74, 6) is 1.19. The van der Waals surface area contributed by atoms with Crippen LogP contribution in [0.15, 0.2) is 0 Å². The maximum absolute atomic E-state index is 9.18. The van der Waals surface area contributed by atoms with Crippen molar-refractivity contribution in [1.29, 1.82) is 0 Å². The van der Waals surface area contributed by atoms with E-state index < -0.39 is 0 Å². The second-order valence-electron chi connectivity index (χ2n) is 4.01. The minimum Gasteiger partial charge on any atom is -0.391 e. The zero-order valence-electron chi connectivity index (χ0n) is 9.77. The average Bonchev–Trinajstić information content (AvgIpc) is 2.71. The molecular formula is C11H18N2OS2. The summed E-state index contributed by atoms with van der Waals surface area (Å²) in [6, 6.07) is 0. The molecule has 1 fully saturated rings. The first-order chi connectivity index (χ1) is 7.74. The largest absolute Gasteiger partial charge is 0.391 e. The van der Waals surface area contributed by atoms with Crippen molar-refractivity contribution in [3.63, 3.8) is 0 Å². The predicted octanol–water partition coefficient (Wildman–Crippen LogP) is 2.28. The molecule has 0 radical (unpaired) electrons. The minimum absolute atomic E-state index is 0.114. The molecule has 0 spiro atoms. The number of rotatable bonds is 3. The third-order valence-corrected chi connectivity index (χ3v) is 5.46. The summed E-state index contributed by atoms with van der Waals surface area (Å²) < 4.78 is 0. The SMILES string of the molecule is CCC1CN(c2nc(C)c(CO)s2)CCS1. The maximum Gasteiger partial charge on any atom is 0.185 e. The summed E-state index contributed by atoms with van der Waals surface area (Å²) in [5.41, 5.74) is 0.980. The van der Waals surface area contributed by atoms with E-state index in [1.807, 2.05) is 6.92 Å². The van der Waals surface area contributed by atoms with E-state index in [1.54, 1.807) is 11.3 Å². The van der Waals surface area contributed by atoms with Gasteiger partial charge in [0.05, 0.1) is 17.2 Å². The molecule has 90 valence electrons. The van der Waals surface area contributed by atoms with E-state index in [0.717, 1.165) is 34.0 Å². The molecule has 1 aliphatic rings. The van der Waals surface area contributed by atoms with Gasteiger partial charge in [0.25, 0.3) is 0 Å². The lowest BCUT2D eigenvalue weighted by molar-refractivity contribution is 0.284. The van der Waals surface area contributed by atoms with Gasteiger partial charge in [-0.15, -0.1) is 0 Å². The van der Waals surface area contributed by atoms with Crippen LogP contribution in [-0.4, -0.2) is 34.2 Å². The number of hydrogen-bond donors (Lipinski definition) is 1. The minimum atomic E-state index is 0.114. The second kappa shape index (κ2) is 5.38. The summed E-state index contributed by atoms with van der Waals surface area (Å²) in [5, 5.41) is 11.0. The molecule has 2 heterocycles. The Bertz CT molecular complexity index is 354. The quantitative estimate of drug-likeness (QED) is 0.902. The van der Waals surface area contributed by atoms with Crippen molar-refractivity contribution < 1.29 is 5.11 Å². The molecule has 1 aromatic rings. The van der Waals surface area contributed by atoms with Crippen LogP contribution in [0.5, 0.6) is 0 Å². The number of aliphatic hydroxyl groups is 1. The van der Waals surface area contributed by atoms with E-state index in [0.29, 0.717) is 0 Å². The number of hydrogen-bond acceptors (Lipinski definition) is 5. The molecule has 2 rings (SSSR count). The fraction of sp³-hybridized carbons (Fsp3) is 0.727. The molecular weight excluding hydrogens is 240 g/mol. The topological polar surface area (TPSA) is 36.4 Å². The van der Waals surface area contributed by atoms with Crippen molar-refractivity contribution in [1.82, 2.24) is 4.98 Å². The van der Waals surface area contributed by atoms with Crippen LogP contribution in [0.1, 0.15) is 23.9 Å². The van der Waals surface area contributed by atoms with Crippen LogP contribution in [0.4, 0.5) is 5.13 Å². The van der Waals surface area contributed by atoms with Crippen molar-refractivity contribution in [3.8, 4) is 0 Å². The smallest absolute Gasteiger partial charge is 0.185 e. The number of nitrogens with zero attached hydrogens (tertiary/aromatic N) is 2. The van der Waals surface area contributed by atoms with Crippen LogP contribution in [0.2, 0.25) is 0 Å². The van der Waals surface area contributed by atoms with Crippen LogP contribution in [0, 0.1) is 6.92 Å². The Balaban J connectivity index is 2.10. The monoisotopic (exact) mass is 258 g/mol. The fourth-order valence-electron chi connectivity index (χ4n) is 1.83. The zero-order chi connectivity index (χ0) is 11.5. The molecule has 0 bridgehead atoms. The molecule has 1 N–H and O–H groups in total. The Labute approximate surface area is 105 Å². The molecule has 1 atom stereocenters. The number of thioether (sulfide) groups is 1. The predicted molar refractivity (Wildman–Crippen MR) is 71.5 cm³/mol. The summed E-state index contributed by atoms with van der Waals surface area (Å²) >= 11 is 3.70. The molecule has 1 aliphatic heterocycles. The maximum atomic E-state index is 9.18. The normalized spacial score (nSPS) is 21.4. The Kier molecular flexibility index (Phi) is 4.10. The summed E-state index contributed by atoms with van der Waals surface area (Å²) in [6.07, 6.45) is 1.22. The Morgan fingerprint density at radius 2 is 2.38 bits per heavy atom. The van der Waals surface area contributed by atoms with Gasteiger partial charge in [-0.05, 0) is 13.3 Å². The van der Waals surface area contributed by atoms with Crippen molar-refractivity contribution in [2.45, 2.75) is 32.1 Å². The molecule has 0 amide bonds. The van der Waals surface area contributed by atoms with Crippen molar-refractivity contribution in [2.75, 3.05) is 23.7 Å². The van der Waals surface area contributed by atoms with Crippen LogP contribution in [-0.2, 0) is 6.61 Å². The number of thiazole rings is 1. The Hall–Kier alpha value is -0.260. The molecule has 0 aliphatic carbocycles. The van der Waals surface area contributed by atoms with E-state index in [2.05, 4.69) is 28.6 Å². The molecule has 3 nitrogen and oxygen atoms in total. The summed E-state index contributed by atoms with van der Waals surface area (Å²) in [7, 11) is 0. The highest BCUT2D eigenvalue weighted by molar-refractivity contribution is 8.00. The highest BCUT2D eigenvalue weighted by Gasteiger charge is 2.21. The lowest BCUT2D eigenvalue weighted by atomic mass is 10.3. The first-order valence-corrected chi connectivity index (χ1v) is 7.54. The number of aromatic nitrogens is 1. The zero-order valence-corrected chi connectivity index (χ0v) is 11.4. The van der Waals surface area contributed by atoms with Gasteiger partial charge in [-0.3, -0.25) is 0 Å². The molecule has 1 aromatic heterocycles. The van der Waals surface area contributed by atoms with E-state index in [9.17, 15) is 5.11 Å². The Morgan fingerprint density at radius 1 is 1.56 bits per heavy atom. The third kappa shape index (κ3) is 2.52. The molecule has 5 heteroatoms. The lowest BCUT2D eigenvalue weighted by Crippen LogP contribution is -2.37. The van der Waals surface area contributed by atoms with Crippen molar-refractivity contribution in [2.24, 2.45) is 0 Å². The molecule has 0 aromatic carbocycles. The first kappa shape index (κ1) is 12.2. The Morgan fingerprint density at radius 3 is 3.00 bits per heavy atom. The van der Waals surface area contributed by atoms with E-state index >= 15 is 0 Å². The fourth-order valence-corrected chi connectivity index (χ4v) is 3.97. The van der Waals surface area contributed by atoms with Gasteiger partial charge in [0.15, 0.2) is 5.13 Å². The summed E-state index contributed by atoms with van der Waals surface area (Å²) in [4.78, 5) is 7.91. The van der Waals surface area contributed by atoms with Crippen LogP contribution in [0.3, 0.4) is 0 Å². The lowest BCUT2D eigenvalue weighted by Gasteiger charge is -2.31.